The fourth-order valence-corrected chi connectivity index (χ4v) is 5.17. The topological polar surface area (TPSA) is 99.5 Å². The van der Waals surface area contributed by atoms with Crippen LogP contribution in [0, 0.1) is 6.92 Å². The third-order valence-corrected chi connectivity index (χ3v) is 6.92. The predicted octanol–water partition coefficient (Wildman–Crippen LogP) is 5.21. The Kier molecular flexibility index (Phi) is 8.22. The number of thiophene rings is 1. The highest BCUT2D eigenvalue weighted by Gasteiger charge is 2.34. The van der Waals surface area contributed by atoms with Crippen molar-refractivity contribution in [2.75, 3.05) is 18.5 Å². The number of hydrogen-bond donors (Lipinski definition) is 1. The molecule has 1 N–H and O–H groups in total. The van der Waals surface area contributed by atoms with E-state index in [1.54, 1.807) is 13.8 Å². The summed E-state index contributed by atoms with van der Waals surface area (Å²) in [5.41, 5.74) is 0.556. The van der Waals surface area contributed by atoms with Crippen LogP contribution in [-0.2, 0) is 20.8 Å². The largest absolute Gasteiger partial charge is 0.462 e. The molecule has 3 rings (SSSR count). The van der Waals surface area contributed by atoms with E-state index in [0.717, 1.165) is 24.2 Å². The van der Waals surface area contributed by atoms with Gasteiger partial charge in [0.25, 0.3) is 6.43 Å². The van der Waals surface area contributed by atoms with Crippen LogP contribution in [0.5, 0.6) is 0 Å². The van der Waals surface area contributed by atoms with Gasteiger partial charge in [0.15, 0.2) is 0 Å². The molecule has 0 aromatic carbocycles. The van der Waals surface area contributed by atoms with Crippen molar-refractivity contribution in [2.45, 2.75) is 58.9 Å². The zero-order chi connectivity index (χ0) is 24.3. The molecule has 1 amide bonds. The first-order chi connectivity index (χ1) is 15.7. The van der Waals surface area contributed by atoms with Crippen molar-refractivity contribution < 1.29 is 32.6 Å². The summed E-state index contributed by atoms with van der Waals surface area (Å²) < 4.78 is 38.4. The Balaban J connectivity index is 1.88. The van der Waals surface area contributed by atoms with Crippen LogP contribution in [0.2, 0.25) is 0 Å². The molecule has 0 saturated heterocycles. The lowest BCUT2D eigenvalue weighted by molar-refractivity contribution is -0.116. The number of rotatable bonds is 10. The molecule has 8 nitrogen and oxygen atoms in total. The van der Waals surface area contributed by atoms with E-state index in [9.17, 15) is 23.2 Å². The van der Waals surface area contributed by atoms with Crippen LogP contribution in [-0.4, -0.2) is 40.8 Å². The molecule has 12 heteroatoms. The molecule has 0 atom stereocenters. The molecule has 2 aromatic rings. The van der Waals surface area contributed by atoms with E-state index in [1.165, 1.54) is 4.68 Å². The van der Waals surface area contributed by atoms with Gasteiger partial charge in [-0.1, -0.05) is 6.92 Å². The Bertz CT molecular complexity index is 1060. The van der Waals surface area contributed by atoms with Crippen LogP contribution in [0.1, 0.15) is 82.4 Å². The first-order valence-corrected chi connectivity index (χ1v) is 12.1. The second kappa shape index (κ2) is 10.7. The van der Waals surface area contributed by atoms with Crippen molar-refractivity contribution in [1.82, 2.24) is 9.78 Å². The lowest BCUT2D eigenvalue weighted by Gasteiger charge is -2.09. The molecule has 0 spiro atoms. The molecule has 33 heavy (non-hydrogen) atoms. The number of amides is 1. The van der Waals surface area contributed by atoms with E-state index in [4.69, 9.17) is 9.47 Å². The highest BCUT2D eigenvalue weighted by molar-refractivity contribution is 9.10. The molecule has 0 aliphatic heterocycles. The second-order valence-corrected chi connectivity index (χ2v) is 9.30. The number of alkyl halides is 2. The van der Waals surface area contributed by atoms with Crippen LogP contribution >= 0.6 is 27.3 Å². The van der Waals surface area contributed by atoms with Crippen molar-refractivity contribution in [2.24, 2.45) is 0 Å². The van der Waals surface area contributed by atoms with Gasteiger partial charge >= 0.3 is 11.9 Å². The Morgan fingerprint density at radius 1 is 1.24 bits per heavy atom. The smallest absolute Gasteiger partial charge is 0.348 e. The van der Waals surface area contributed by atoms with Gasteiger partial charge in [-0.15, -0.1) is 11.3 Å². The number of carbonyl (C=O) groups is 3. The zero-order valence-electron chi connectivity index (χ0n) is 18.4. The van der Waals surface area contributed by atoms with Crippen molar-refractivity contribution in [3.8, 4) is 0 Å². The summed E-state index contributed by atoms with van der Waals surface area (Å²) in [6.45, 7) is 5.08. The van der Waals surface area contributed by atoms with Gasteiger partial charge in [0, 0.05) is 5.92 Å². The lowest BCUT2D eigenvalue weighted by Crippen LogP contribution is -2.22. The number of carbonyl (C=O) groups excluding carboxylic acids is 3. The maximum atomic E-state index is 13.3. The number of aromatic nitrogens is 2. The van der Waals surface area contributed by atoms with Crippen molar-refractivity contribution in [3.05, 3.63) is 31.9 Å². The quantitative estimate of drug-likeness (QED) is 0.409. The summed E-state index contributed by atoms with van der Waals surface area (Å²) in [6.07, 6.45) is -0.524. The summed E-state index contributed by atoms with van der Waals surface area (Å²) in [4.78, 5) is 37.9. The van der Waals surface area contributed by atoms with Crippen LogP contribution < -0.4 is 5.32 Å². The molecule has 0 unspecified atom stereocenters. The van der Waals surface area contributed by atoms with Crippen molar-refractivity contribution in [3.63, 3.8) is 0 Å². The Hall–Kier alpha value is -2.34. The first-order valence-electron chi connectivity index (χ1n) is 10.5. The van der Waals surface area contributed by atoms with Gasteiger partial charge in [-0.25, -0.2) is 18.4 Å². The Morgan fingerprint density at radius 2 is 1.94 bits per heavy atom. The molecule has 1 aliphatic rings. The first kappa shape index (κ1) is 25.3. The molecular weight excluding hydrogens is 524 g/mol. The maximum absolute atomic E-state index is 13.3. The van der Waals surface area contributed by atoms with Crippen molar-refractivity contribution >= 4 is 50.1 Å². The van der Waals surface area contributed by atoms with Crippen LogP contribution in [0.25, 0.3) is 0 Å². The van der Waals surface area contributed by atoms with E-state index >= 15 is 0 Å². The van der Waals surface area contributed by atoms with Gasteiger partial charge in [-0.05, 0) is 54.6 Å². The minimum Gasteiger partial charge on any atom is -0.462 e. The van der Waals surface area contributed by atoms with Gasteiger partial charge in [-0.2, -0.15) is 5.10 Å². The SMILES string of the molecule is CCCOC(=O)c1c(NC(=O)Cn2nc(C(F)F)c(Br)c2C2CC2)sc(C(=O)OCC)c1C. The summed E-state index contributed by atoms with van der Waals surface area (Å²) in [7, 11) is 0. The van der Waals surface area contributed by atoms with E-state index < -0.39 is 30.0 Å². The third kappa shape index (κ3) is 5.60. The van der Waals surface area contributed by atoms with Gasteiger partial charge in [0.2, 0.25) is 5.91 Å². The lowest BCUT2D eigenvalue weighted by atomic mass is 10.1. The predicted molar refractivity (Wildman–Crippen MR) is 121 cm³/mol. The highest BCUT2D eigenvalue weighted by atomic mass is 79.9. The summed E-state index contributed by atoms with van der Waals surface area (Å²) in [5.74, 6) is -1.80. The normalized spacial score (nSPS) is 13.3. The molecule has 0 bridgehead atoms. The number of halogens is 3. The van der Waals surface area contributed by atoms with E-state index in [2.05, 4.69) is 26.3 Å². The second-order valence-electron chi connectivity index (χ2n) is 7.48. The van der Waals surface area contributed by atoms with Crippen molar-refractivity contribution in [1.29, 1.82) is 0 Å². The number of hydrogen-bond acceptors (Lipinski definition) is 7. The summed E-state index contributed by atoms with van der Waals surface area (Å²) >= 11 is 4.10. The number of nitrogens with zero attached hydrogens (tertiary/aromatic N) is 2. The van der Waals surface area contributed by atoms with Crippen LogP contribution in [0.15, 0.2) is 4.47 Å². The molecule has 1 saturated carbocycles. The zero-order valence-corrected chi connectivity index (χ0v) is 20.8. The molecule has 1 aliphatic carbocycles. The number of anilines is 1. The minimum atomic E-state index is -2.78. The molecule has 2 aromatic heterocycles. The van der Waals surface area contributed by atoms with Crippen LogP contribution in [0.4, 0.5) is 13.8 Å². The monoisotopic (exact) mass is 547 g/mol. The summed E-state index contributed by atoms with van der Waals surface area (Å²) in [5, 5.41) is 6.68. The standard InChI is InChI=1S/C21H24BrF2N3O5S/c1-4-8-32-20(29)13-10(3)17(21(30)31-5-2)33-19(13)25-12(28)9-27-16(11-6-7-11)14(22)15(26-27)18(23)24/h11,18H,4-9H2,1-3H3,(H,25,28). The number of esters is 2. The molecule has 2 heterocycles. The number of nitrogens with one attached hydrogen (secondary N) is 1. The maximum Gasteiger partial charge on any atom is 0.348 e. The molecule has 180 valence electrons. The average Bonchev–Trinajstić information content (AvgIpc) is 3.45. The van der Waals surface area contributed by atoms with Gasteiger partial charge in [0.1, 0.15) is 22.1 Å². The van der Waals surface area contributed by atoms with E-state index in [0.29, 0.717) is 17.7 Å². The van der Waals surface area contributed by atoms with Gasteiger partial charge in [-0.3, -0.25) is 9.48 Å². The fourth-order valence-electron chi connectivity index (χ4n) is 3.29. The van der Waals surface area contributed by atoms with Gasteiger partial charge < -0.3 is 14.8 Å². The van der Waals surface area contributed by atoms with Gasteiger partial charge in [0.05, 0.1) is 28.9 Å². The average molecular weight is 548 g/mol. The molecule has 0 radical (unpaired) electrons. The Labute approximate surface area is 201 Å². The van der Waals surface area contributed by atoms with E-state index in [-0.39, 0.29) is 45.6 Å². The Morgan fingerprint density at radius 3 is 2.52 bits per heavy atom. The molecule has 1 fully saturated rings. The minimum absolute atomic E-state index is 0.0613. The highest BCUT2D eigenvalue weighted by Crippen LogP contribution is 2.45. The third-order valence-electron chi connectivity index (χ3n) is 4.92. The van der Waals surface area contributed by atoms with Crippen LogP contribution in [0.3, 0.4) is 0 Å². The molecular formula is C21H24BrF2N3O5S. The summed E-state index contributed by atoms with van der Waals surface area (Å²) in [6, 6.07) is 0. The fraction of sp³-hybridized carbons (Fsp3) is 0.524. The van der Waals surface area contributed by atoms with E-state index in [1.807, 2.05) is 6.92 Å². The number of ether oxygens (including phenoxy) is 2.